The van der Waals surface area contributed by atoms with Crippen molar-refractivity contribution in [1.82, 2.24) is 10.3 Å². The second-order valence-electron chi connectivity index (χ2n) is 7.12. The minimum Gasteiger partial charge on any atom is -0.394 e. The molecule has 0 bridgehead atoms. The molecule has 1 heterocycles. The van der Waals surface area contributed by atoms with Crippen LogP contribution in [0.5, 0.6) is 0 Å². The molecule has 0 amide bonds. The number of aliphatic hydroxyl groups excluding tert-OH is 1. The van der Waals surface area contributed by atoms with E-state index in [-0.39, 0.29) is 17.7 Å². The highest BCUT2D eigenvalue weighted by Crippen LogP contribution is 2.23. The molecule has 0 atom stereocenters. The third-order valence-electron chi connectivity index (χ3n) is 3.54. The van der Waals surface area contributed by atoms with E-state index in [2.05, 4.69) is 44.1 Å². The first-order chi connectivity index (χ1) is 9.07. The second-order valence-corrected chi connectivity index (χ2v) is 7.12. The minimum atomic E-state index is -0.317. The van der Waals surface area contributed by atoms with Crippen LogP contribution in [0.2, 0.25) is 0 Å². The van der Waals surface area contributed by atoms with Crippen molar-refractivity contribution in [2.24, 2.45) is 0 Å². The second kappa shape index (κ2) is 6.10. The first-order valence-electron chi connectivity index (χ1n) is 7.12. The lowest BCUT2D eigenvalue weighted by molar-refractivity contribution is 0.215. The Morgan fingerprint density at radius 1 is 1.25 bits per heavy atom. The first-order valence-corrected chi connectivity index (χ1v) is 7.12. The fourth-order valence-electron chi connectivity index (χ4n) is 1.83. The van der Waals surface area contributed by atoms with E-state index in [4.69, 9.17) is 0 Å². The zero-order chi connectivity index (χ0) is 15.6. The van der Waals surface area contributed by atoms with Gasteiger partial charge in [-0.15, -0.1) is 0 Å². The van der Waals surface area contributed by atoms with Crippen LogP contribution in [0, 0.1) is 6.92 Å². The van der Waals surface area contributed by atoms with Gasteiger partial charge >= 0.3 is 0 Å². The summed E-state index contributed by atoms with van der Waals surface area (Å²) in [7, 11) is 1.97. The van der Waals surface area contributed by atoms with E-state index in [0.717, 1.165) is 17.9 Å². The van der Waals surface area contributed by atoms with E-state index < -0.39 is 0 Å². The van der Waals surface area contributed by atoms with Crippen molar-refractivity contribution in [2.75, 3.05) is 18.6 Å². The van der Waals surface area contributed by atoms with E-state index in [0.29, 0.717) is 0 Å². The van der Waals surface area contributed by atoms with E-state index >= 15 is 0 Å². The smallest absolute Gasteiger partial charge is 0.131 e. The third-order valence-corrected chi connectivity index (χ3v) is 3.54. The summed E-state index contributed by atoms with van der Waals surface area (Å²) in [5.41, 5.74) is 2.09. The molecule has 0 radical (unpaired) electrons. The number of hydrogen-bond acceptors (Lipinski definition) is 4. The summed E-state index contributed by atoms with van der Waals surface area (Å²) in [5, 5.41) is 12.9. The number of aromatic nitrogens is 1. The lowest BCUT2D eigenvalue weighted by atomic mass is 10.0. The number of nitrogens with zero attached hydrogens (tertiary/aromatic N) is 2. The average molecular weight is 279 g/mol. The number of aryl methyl sites for hydroxylation is 1. The lowest BCUT2D eigenvalue weighted by Crippen LogP contribution is -2.45. The molecule has 1 aromatic rings. The molecular weight excluding hydrogens is 250 g/mol. The van der Waals surface area contributed by atoms with Crippen molar-refractivity contribution in [3.8, 4) is 0 Å². The summed E-state index contributed by atoms with van der Waals surface area (Å²) in [6.45, 7) is 13.4. The molecule has 20 heavy (non-hydrogen) atoms. The molecule has 0 spiro atoms. The van der Waals surface area contributed by atoms with Crippen LogP contribution in [-0.4, -0.2) is 34.8 Å². The van der Waals surface area contributed by atoms with Gasteiger partial charge in [0, 0.05) is 25.3 Å². The zero-order valence-electron chi connectivity index (χ0n) is 13.9. The van der Waals surface area contributed by atoms with Gasteiger partial charge in [-0.2, -0.15) is 0 Å². The monoisotopic (exact) mass is 279 g/mol. The van der Waals surface area contributed by atoms with Crippen molar-refractivity contribution in [3.63, 3.8) is 0 Å². The topological polar surface area (TPSA) is 48.4 Å². The van der Waals surface area contributed by atoms with Gasteiger partial charge in [0.15, 0.2) is 0 Å². The number of rotatable bonds is 5. The average Bonchev–Trinajstić information content (AvgIpc) is 2.35. The highest BCUT2D eigenvalue weighted by Gasteiger charge is 2.24. The van der Waals surface area contributed by atoms with Crippen molar-refractivity contribution in [1.29, 1.82) is 0 Å². The van der Waals surface area contributed by atoms with Crippen LogP contribution in [0.4, 0.5) is 5.82 Å². The maximum atomic E-state index is 9.47. The highest BCUT2D eigenvalue weighted by molar-refractivity contribution is 5.48. The SMILES string of the molecule is Cc1cc(CNC(C)(C)C)cnc1N(C)C(C)(C)CO. The van der Waals surface area contributed by atoms with Gasteiger partial charge in [0.25, 0.3) is 0 Å². The molecule has 2 N–H and O–H groups in total. The Balaban J connectivity index is 2.89. The molecule has 0 fully saturated rings. The standard InChI is InChI=1S/C16H29N3O/c1-12-8-13(10-18-15(2,3)4)9-17-14(12)19(7)16(5,6)11-20/h8-9,18,20H,10-11H2,1-7H3. The van der Waals surface area contributed by atoms with Crippen LogP contribution < -0.4 is 10.2 Å². The molecule has 0 aromatic carbocycles. The molecule has 1 rings (SSSR count). The van der Waals surface area contributed by atoms with Crippen molar-refractivity contribution in [3.05, 3.63) is 23.4 Å². The Labute approximate surface area is 123 Å². The Morgan fingerprint density at radius 2 is 1.85 bits per heavy atom. The number of pyridine rings is 1. The summed E-state index contributed by atoms with van der Waals surface area (Å²) in [5.74, 6) is 0.920. The van der Waals surface area contributed by atoms with Gasteiger partial charge in [0.1, 0.15) is 5.82 Å². The lowest BCUT2D eigenvalue weighted by Gasteiger charge is -2.35. The minimum absolute atomic E-state index is 0.0952. The molecule has 1 aromatic heterocycles. The van der Waals surface area contributed by atoms with Crippen molar-refractivity contribution < 1.29 is 5.11 Å². The van der Waals surface area contributed by atoms with Gasteiger partial charge in [-0.25, -0.2) is 4.98 Å². The summed E-state index contributed by atoms with van der Waals surface area (Å²) in [4.78, 5) is 6.60. The Bertz CT molecular complexity index is 450. The van der Waals surface area contributed by atoms with Gasteiger partial charge in [0.2, 0.25) is 0 Å². The van der Waals surface area contributed by atoms with E-state index in [1.54, 1.807) is 0 Å². The first kappa shape index (κ1) is 16.9. The van der Waals surface area contributed by atoms with Crippen molar-refractivity contribution in [2.45, 2.75) is 59.2 Å². The number of hydrogen-bond donors (Lipinski definition) is 2. The third kappa shape index (κ3) is 4.46. The van der Waals surface area contributed by atoms with Crippen LogP contribution in [-0.2, 0) is 6.54 Å². The fraction of sp³-hybridized carbons (Fsp3) is 0.688. The maximum absolute atomic E-state index is 9.47. The number of nitrogens with one attached hydrogen (secondary N) is 1. The predicted molar refractivity (Wildman–Crippen MR) is 85.1 cm³/mol. The van der Waals surface area contributed by atoms with Gasteiger partial charge in [0.05, 0.1) is 12.1 Å². The van der Waals surface area contributed by atoms with Crippen LogP contribution in [0.15, 0.2) is 12.3 Å². The summed E-state index contributed by atoms with van der Waals surface area (Å²) >= 11 is 0. The zero-order valence-corrected chi connectivity index (χ0v) is 13.9. The normalized spacial score (nSPS) is 12.6. The molecular formula is C16H29N3O. The van der Waals surface area contributed by atoms with Crippen molar-refractivity contribution >= 4 is 5.82 Å². The van der Waals surface area contributed by atoms with Crippen LogP contribution in [0.3, 0.4) is 0 Å². The molecule has 4 nitrogen and oxygen atoms in total. The summed E-state index contributed by atoms with van der Waals surface area (Å²) in [6, 6.07) is 2.16. The van der Waals surface area contributed by atoms with Gasteiger partial charge in [-0.3, -0.25) is 0 Å². The largest absolute Gasteiger partial charge is 0.394 e. The molecule has 0 aliphatic rings. The van der Waals surface area contributed by atoms with Gasteiger partial charge < -0.3 is 15.3 Å². The molecule has 0 unspecified atom stereocenters. The Hall–Kier alpha value is -1.13. The quantitative estimate of drug-likeness (QED) is 0.869. The number of anilines is 1. The molecule has 0 aliphatic carbocycles. The summed E-state index contributed by atoms with van der Waals surface area (Å²) < 4.78 is 0. The van der Waals surface area contributed by atoms with Crippen LogP contribution in [0.1, 0.15) is 45.7 Å². The van der Waals surface area contributed by atoms with Gasteiger partial charge in [-0.1, -0.05) is 0 Å². The Kier molecular flexibility index (Phi) is 5.16. The Morgan fingerprint density at radius 3 is 2.30 bits per heavy atom. The molecule has 4 heteroatoms. The fourth-order valence-corrected chi connectivity index (χ4v) is 1.83. The highest BCUT2D eigenvalue weighted by atomic mass is 16.3. The van der Waals surface area contributed by atoms with E-state index in [1.807, 2.05) is 32.0 Å². The van der Waals surface area contributed by atoms with Gasteiger partial charge in [-0.05, 0) is 58.7 Å². The van der Waals surface area contributed by atoms with Crippen LogP contribution >= 0.6 is 0 Å². The molecule has 0 saturated carbocycles. The summed E-state index contributed by atoms with van der Waals surface area (Å²) in [6.07, 6.45) is 1.91. The number of likely N-dealkylation sites (N-methyl/N-ethyl adjacent to an activating group) is 1. The molecule has 114 valence electrons. The van der Waals surface area contributed by atoms with E-state index in [9.17, 15) is 5.11 Å². The molecule has 0 aliphatic heterocycles. The molecule has 0 saturated heterocycles. The maximum Gasteiger partial charge on any atom is 0.131 e. The predicted octanol–water partition coefficient (Wildman–Crippen LogP) is 2.49. The number of aliphatic hydroxyl groups is 1. The van der Waals surface area contributed by atoms with E-state index in [1.165, 1.54) is 5.56 Å². The van der Waals surface area contributed by atoms with Crippen LogP contribution in [0.25, 0.3) is 0 Å².